The first kappa shape index (κ1) is 47.8. The highest BCUT2D eigenvalue weighted by molar-refractivity contribution is 5.90. The molecule has 10 aromatic carbocycles. The molecule has 10 aromatic rings. The molecule has 0 saturated heterocycles. The Morgan fingerprint density at radius 2 is 0.947 bits per heavy atom. The molecule has 2 aliphatic rings. The quantitative estimate of drug-likeness (QED) is 0.108. The molecule has 12 rings (SSSR count). The molecule has 0 fully saturated rings. The van der Waals surface area contributed by atoms with E-state index >= 15 is 0 Å². The van der Waals surface area contributed by atoms with Crippen LogP contribution in [0.1, 0.15) is 109 Å². The van der Waals surface area contributed by atoms with Gasteiger partial charge in [0.05, 0.1) is 5.41 Å². The summed E-state index contributed by atoms with van der Waals surface area (Å²) in [6, 6.07) is 89.8. The number of benzene rings is 10. The number of hydrogen-bond acceptors (Lipinski definition) is 2. The van der Waals surface area contributed by atoms with Gasteiger partial charge in [-0.3, -0.25) is 0 Å². The summed E-state index contributed by atoms with van der Waals surface area (Å²) in [5.41, 5.74) is 22.1. The van der Waals surface area contributed by atoms with Gasteiger partial charge in [0.15, 0.2) is 0 Å². The number of ether oxygens (including phenoxy) is 1. The number of hydrogen-bond donors (Lipinski definition) is 0. The fraction of sp³-hybridized carbons (Fsp3) is 0.178. The molecule has 75 heavy (non-hydrogen) atoms. The second kappa shape index (κ2) is 19.9. The fourth-order valence-electron chi connectivity index (χ4n) is 12.1. The Balaban J connectivity index is 0.924. The first-order valence-corrected chi connectivity index (χ1v) is 27.1. The van der Waals surface area contributed by atoms with E-state index in [0.29, 0.717) is 11.8 Å². The molecule has 0 N–H and O–H groups in total. The minimum absolute atomic E-state index is 0.00670. The first-order valence-electron chi connectivity index (χ1n) is 27.1. The van der Waals surface area contributed by atoms with Gasteiger partial charge in [-0.1, -0.05) is 217 Å². The lowest BCUT2D eigenvalue weighted by atomic mass is 9.67. The molecule has 368 valence electrons. The normalized spacial score (nSPS) is 15.2. The van der Waals surface area contributed by atoms with E-state index in [1.807, 2.05) is 0 Å². The Bertz CT molecular complexity index is 3510. The molecule has 3 unspecified atom stereocenters. The molecule has 0 amide bonds. The summed E-state index contributed by atoms with van der Waals surface area (Å²) in [5.74, 6) is 2.65. The van der Waals surface area contributed by atoms with Gasteiger partial charge in [-0.25, -0.2) is 0 Å². The zero-order valence-electron chi connectivity index (χ0n) is 43.9. The highest BCUT2D eigenvalue weighted by atomic mass is 16.5. The van der Waals surface area contributed by atoms with Crippen LogP contribution in [0.15, 0.2) is 243 Å². The highest BCUT2D eigenvalue weighted by Gasteiger charge is 2.46. The molecule has 2 aliphatic carbocycles. The predicted molar refractivity (Wildman–Crippen MR) is 314 cm³/mol. The van der Waals surface area contributed by atoms with Crippen molar-refractivity contribution in [1.82, 2.24) is 0 Å². The number of anilines is 3. The Morgan fingerprint density at radius 1 is 0.453 bits per heavy atom. The zero-order chi connectivity index (χ0) is 51.1. The zero-order valence-corrected chi connectivity index (χ0v) is 43.9. The molecule has 0 radical (unpaired) electrons. The van der Waals surface area contributed by atoms with Crippen LogP contribution in [-0.2, 0) is 23.7 Å². The third-order valence-electron chi connectivity index (χ3n) is 16.4. The SMILES string of the molecule is CCC(CC(C)c1ccc(Oc2ccc(C3(c4ccc(C(C)(C)C)cc4)c4ccccc4-c4ccc(N(c5ccc(-c6ccccc6)cc5)c5ccc(-c6ccccc6)cc5)cc43)cc2)cc1)c1ccc2c(c1)CC2. The maximum absolute atomic E-state index is 6.68. The Hall–Kier alpha value is -8.20. The van der Waals surface area contributed by atoms with Crippen molar-refractivity contribution in [3.63, 3.8) is 0 Å². The van der Waals surface area contributed by atoms with E-state index in [1.165, 1.54) is 90.7 Å². The van der Waals surface area contributed by atoms with Crippen molar-refractivity contribution in [1.29, 1.82) is 0 Å². The molecule has 0 heterocycles. The monoisotopic (exact) mass is 972 g/mol. The Labute approximate surface area is 445 Å². The molecule has 2 nitrogen and oxygen atoms in total. The summed E-state index contributed by atoms with van der Waals surface area (Å²) < 4.78 is 6.68. The maximum atomic E-state index is 6.68. The van der Waals surface area contributed by atoms with Crippen LogP contribution >= 0.6 is 0 Å². The lowest BCUT2D eigenvalue weighted by Crippen LogP contribution is -2.29. The minimum Gasteiger partial charge on any atom is -0.457 e. The van der Waals surface area contributed by atoms with Gasteiger partial charge in [-0.2, -0.15) is 0 Å². The smallest absolute Gasteiger partial charge is 0.127 e. The number of rotatable bonds is 14. The average molecular weight is 972 g/mol. The van der Waals surface area contributed by atoms with E-state index in [2.05, 4.69) is 282 Å². The van der Waals surface area contributed by atoms with Gasteiger partial charge in [0.25, 0.3) is 0 Å². The minimum atomic E-state index is -0.633. The number of nitrogens with zero attached hydrogens (tertiary/aromatic N) is 1. The van der Waals surface area contributed by atoms with Gasteiger partial charge in [0, 0.05) is 17.1 Å². The van der Waals surface area contributed by atoms with Crippen molar-refractivity contribution in [2.45, 2.75) is 83.0 Å². The molecule has 2 heteroatoms. The van der Waals surface area contributed by atoms with E-state index in [1.54, 1.807) is 5.56 Å². The van der Waals surface area contributed by atoms with Gasteiger partial charge in [0.1, 0.15) is 11.5 Å². The second-order valence-corrected chi connectivity index (χ2v) is 22.0. The van der Waals surface area contributed by atoms with E-state index in [-0.39, 0.29) is 5.41 Å². The third-order valence-corrected chi connectivity index (χ3v) is 16.4. The predicted octanol–water partition coefficient (Wildman–Crippen LogP) is 19.7. The average Bonchev–Trinajstić information content (AvgIpc) is 3.75. The topological polar surface area (TPSA) is 12.5 Å². The summed E-state index contributed by atoms with van der Waals surface area (Å²) in [4.78, 5) is 2.42. The molecular formula is C73H65NO. The maximum Gasteiger partial charge on any atom is 0.127 e. The van der Waals surface area contributed by atoms with Gasteiger partial charge in [-0.05, 0) is 187 Å². The van der Waals surface area contributed by atoms with Crippen LogP contribution in [-0.4, -0.2) is 0 Å². The van der Waals surface area contributed by atoms with E-state index in [4.69, 9.17) is 4.74 Å². The van der Waals surface area contributed by atoms with Crippen LogP contribution in [0.5, 0.6) is 11.5 Å². The molecule has 0 aliphatic heterocycles. The first-order chi connectivity index (χ1) is 36.6. The van der Waals surface area contributed by atoms with E-state index in [0.717, 1.165) is 41.4 Å². The van der Waals surface area contributed by atoms with Crippen molar-refractivity contribution in [3.05, 3.63) is 293 Å². The Kier molecular flexibility index (Phi) is 12.7. The number of aryl methyl sites for hydroxylation is 2. The lowest BCUT2D eigenvalue weighted by Gasteiger charge is -2.35. The van der Waals surface area contributed by atoms with Gasteiger partial charge in [0.2, 0.25) is 0 Å². The van der Waals surface area contributed by atoms with Gasteiger partial charge < -0.3 is 9.64 Å². The van der Waals surface area contributed by atoms with Crippen LogP contribution in [0.25, 0.3) is 33.4 Å². The van der Waals surface area contributed by atoms with Crippen molar-refractivity contribution in [3.8, 4) is 44.9 Å². The van der Waals surface area contributed by atoms with E-state index in [9.17, 15) is 0 Å². The van der Waals surface area contributed by atoms with Crippen LogP contribution in [0, 0.1) is 0 Å². The van der Waals surface area contributed by atoms with Crippen LogP contribution in [0.3, 0.4) is 0 Å². The summed E-state index contributed by atoms with van der Waals surface area (Å²) in [5, 5.41) is 0. The summed E-state index contributed by atoms with van der Waals surface area (Å²) in [6.07, 6.45) is 4.74. The molecule has 0 bridgehead atoms. The molecule has 0 saturated carbocycles. The molecule has 3 atom stereocenters. The summed E-state index contributed by atoms with van der Waals surface area (Å²) in [6.45, 7) is 11.6. The number of fused-ring (bicyclic) bond motifs is 4. The van der Waals surface area contributed by atoms with Gasteiger partial charge >= 0.3 is 0 Å². The summed E-state index contributed by atoms with van der Waals surface area (Å²) >= 11 is 0. The van der Waals surface area contributed by atoms with Crippen molar-refractivity contribution >= 4 is 17.1 Å². The fourth-order valence-corrected chi connectivity index (χ4v) is 12.1. The van der Waals surface area contributed by atoms with E-state index < -0.39 is 5.41 Å². The molecule has 0 spiro atoms. The second-order valence-electron chi connectivity index (χ2n) is 22.0. The molecular weight excluding hydrogens is 907 g/mol. The van der Waals surface area contributed by atoms with Crippen LogP contribution in [0.2, 0.25) is 0 Å². The third kappa shape index (κ3) is 9.07. The standard InChI is InChI=1S/C73H65NO/c1-6-51(58-23-21-57-22-24-59(57)48-58)47-50(2)52-29-42-66(43-30-52)75-67-44-35-62(36-45-67)73(61-33-31-60(32-34-61)72(3,4)5)70-20-14-13-19-68(70)69-46-41-65(49-71(69)73)74(63-37-25-55(26-38-63)53-15-9-7-10-16-53)64-39-27-56(28-40-64)54-17-11-8-12-18-54/h7-21,23,25-46,48-51H,6,22,24,47H2,1-5H3. The van der Waals surface area contributed by atoms with Crippen molar-refractivity contribution in [2.75, 3.05) is 4.90 Å². The van der Waals surface area contributed by atoms with Gasteiger partial charge in [-0.15, -0.1) is 0 Å². The van der Waals surface area contributed by atoms with Crippen LogP contribution in [0.4, 0.5) is 17.1 Å². The van der Waals surface area contributed by atoms with Crippen LogP contribution < -0.4 is 9.64 Å². The lowest BCUT2D eigenvalue weighted by molar-refractivity contribution is 0.481. The Morgan fingerprint density at radius 3 is 1.49 bits per heavy atom. The molecule has 0 aromatic heterocycles. The highest BCUT2D eigenvalue weighted by Crippen LogP contribution is 2.58. The summed E-state index contributed by atoms with van der Waals surface area (Å²) in [7, 11) is 0. The van der Waals surface area contributed by atoms with Crippen molar-refractivity contribution < 1.29 is 4.74 Å². The van der Waals surface area contributed by atoms with Crippen molar-refractivity contribution in [2.24, 2.45) is 0 Å². The largest absolute Gasteiger partial charge is 0.457 e.